The van der Waals surface area contributed by atoms with Crippen LogP contribution in [-0.2, 0) is 5.41 Å². The van der Waals surface area contributed by atoms with Crippen LogP contribution in [0.4, 0.5) is 26.6 Å². The molecular weight excluding hydrogens is 537 g/mol. The molecule has 5 rings (SSSR count). The summed E-state index contributed by atoms with van der Waals surface area (Å²) in [5.41, 5.74) is 1.96. The third kappa shape index (κ3) is 5.55. The van der Waals surface area contributed by atoms with Crippen molar-refractivity contribution < 1.29 is 9.18 Å². The van der Waals surface area contributed by atoms with E-state index in [4.69, 9.17) is 0 Å². The van der Waals surface area contributed by atoms with Crippen molar-refractivity contribution >= 4 is 34.5 Å². The molecule has 0 aliphatic rings. The Morgan fingerprint density at radius 3 is 2.50 bits per heavy atom. The van der Waals surface area contributed by atoms with Gasteiger partial charge in [0.15, 0.2) is 0 Å². The lowest BCUT2D eigenvalue weighted by atomic mass is 9.92. The van der Waals surface area contributed by atoms with Crippen molar-refractivity contribution in [3.63, 3.8) is 0 Å². The zero-order chi connectivity index (χ0) is 30.2. The van der Waals surface area contributed by atoms with E-state index in [0.29, 0.717) is 39.6 Å². The van der Waals surface area contributed by atoms with Gasteiger partial charge in [0.2, 0.25) is 5.95 Å². The summed E-state index contributed by atoms with van der Waals surface area (Å²) in [6.07, 6.45) is 4.90. The Morgan fingerprint density at radius 2 is 1.83 bits per heavy atom. The zero-order valence-corrected chi connectivity index (χ0v) is 24.2. The molecule has 5 aromatic rings. The lowest BCUT2D eigenvalue weighted by molar-refractivity contribution is 0.262. The second-order valence-electron chi connectivity index (χ2n) is 11.1. The summed E-state index contributed by atoms with van der Waals surface area (Å²) in [6.45, 7) is 9.81. The molecule has 0 unspecified atom stereocenters. The minimum absolute atomic E-state index is 0.0918. The molecule has 0 saturated carbocycles. The van der Waals surface area contributed by atoms with E-state index in [1.807, 2.05) is 40.7 Å². The number of halogens is 1. The van der Waals surface area contributed by atoms with E-state index < -0.39 is 11.8 Å². The third-order valence-corrected chi connectivity index (χ3v) is 6.65. The molecule has 2 amide bonds. The number of carbonyl (C=O) groups is 1. The number of hydrogen-bond donors (Lipinski definition) is 3. The van der Waals surface area contributed by atoms with Gasteiger partial charge >= 0.3 is 6.03 Å². The van der Waals surface area contributed by atoms with Gasteiger partial charge in [-0.15, -0.1) is 0 Å². The largest absolute Gasteiger partial charge is 0.357 e. The average Bonchev–Trinajstić information content (AvgIpc) is 3.38. The smallest absolute Gasteiger partial charge is 0.324 e. The Labute approximate surface area is 241 Å². The normalized spacial score (nSPS) is 11.6. The van der Waals surface area contributed by atoms with E-state index in [0.717, 1.165) is 5.69 Å². The first-order valence-corrected chi connectivity index (χ1v) is 13.4. The molecule has 0 atom stereocenters. The van der Waals surface area contributed by atoms with Crippen molar-refractivity contribution in [3.05, 3.63) is 82.9 Å². The molecule has 4 heterocycles. The van der Waals surface area contributed by atoms with Gasteiger partial charge in [-0.25, -0.2) is 18.9 Å². The molecule has 0 aliphatic heterocycles. The maximum atomic E-state index is 15.0. The topological polar surface area (TPSA) is 132 Å². The summed E-state index contributed by atoms with van der Waals surface area (Å²) in [4.78, 5) is 39.6. The molecule has 0 spiro atoms. The van der Waals surface area contributed by atoms with Crippen molar-refractivity contribution in [2.45, 2.75) is 46.1 Å². The van der Waals surface area contributed by atoms with Crippen LogP contribution in [0, 0.1) is 5.82 Å². The van der Waals surface area contributed by atoms with Crippen LogP contribution in [0.5, 0.6) is 0 Å². The first-order chi connectivity index (χ1) is 20.0. The van der Waals surface area contributed by atoms with E-state index in [9.17, 15) is 14.0 Å². The van der Waals surface area contributed by atoms with E-state index in [2.05, 4.69) is 36.0 Å². The summed E-state index contributed by atoms with van der Waals surface area (Å²) in [5, 5.41) is 13.5. The van der Waals surface area contributed by atoms with E-state index in [1.54, 1.807) is 53.1 Å². The monoisotopic (exact) mass is 569 g/mol. The predicted octanol–water partition coefficient (Wildman–Crippen LogP) is 5.74. The Bertz CT molecular complexity index is 1840. The molecule has 0 aliphatic carbocycles. The van der Waals surface area contributed by atoms with Gasteiger partial charge in [-0.05, 0) is 49.7 Å². The summed E-state index contributed by atoms with van der Waals surface area (Å²) in [6, 6.07) is 10.3. The second kappa shape index (κ2) is 11.0. The Hall–Kier alpha value is -5.13. The minimum Gasteiger partial charge on any atom is -0.357 e. The van der Waals surface area contributed by atoms with Gasteiger partial charge in [-0.2, -0.15) is 10.1 Å². The standard InChI is InChI=1S/C30H32FN9O2/c1-17(2)39-26-19(15-34-28(32-6)37-26)12-21(27(39)41)18-9-10-22(31)23(13-18)35-29(42)36-25-14-24(30(3,4)5)38-40(25)20-8-7-11-33-16-20/h7-17H,1-6H3,(H,32,34,37)(H2,35,36,42). The zero-order valence-electron chi connectivity index (χ0n) is 24.2. The van der Waals surface area contributed by atoms with Gasteiger partial charge in [-0.1, -0.05) is 26.8 Å². The van der Waals surface area contributed by atoms with Crippen molar-refractivity contribution in [2.24, 2.45) is 0 Å². The SMILES string of the molecule is CNc1ncc2cc(-c3ccc(F)c(NC(=O)Nc4cc(C(C)(C)C)nn4-c4cccnc4)c3)c(=O)n(C(C)C)c2n1. The van der Waals surface area contributed by atoms with Gasteiger partial charge in [0.25, 0.3) is 5.56 Å². The number of fused-ring (bicyclic) bond motifs is 1. The van der Waals surface area contributed by atoms with Gasteiger partial charge in [-0.3, -0.25) is 19.7 Å². The van der Waals surface area contributed by atoms with Crippen molar-refractivity contribution in [1.82, 2.24) is 29.3 Å². The molecule has 42 heavy (non-hydrogen) atoms. The average molecular weight is 570 g/mol. The fraction of sp³-hybridized carbons (Fsp3) is 0.267. The number of nitrogens with zero attached hydrogens (tertiary/aromatic N) is 6. The highest BCUT2D eigenvalue weighted by molar-refractivity contribution is 6.00. The number of rotatable bonds is 6. The van der Waals surface area contributed by atoms with E-state index >= 15 is 0 Å². The molecule has 0 saturated heterocycles. The molecule has 11 nitrogen and oxygen atoms in total. The number of carbonyl (C=O) groups excluding carboxylic acids is 1. The maximum Gasteiger partial charge on any atom is 0.324 e. The van der Waals surface area contributed by atoms with Crippen LogP contribution in [0.15, 0.2) is 65.8 Å². The van der Waals surface area contributed by atoms with Crippen molar-refractivity contribution in [3.8, 4) is 16.8 Å². The summed E-state index contributed by atoms with van der Waals surface area (Å²) < 4.78 is 18.1. The third-order valence-electron chi connectivity index (χ3n) is 6.65. The Kier molecular flexibility index (Phi) is 7.46. The molecular formula is C30H32FN9O2. The number of hydrogen-bond acceptors (Lipinski definition) is 7. The number of amides is 2. The number of pyridine rings is 2. The quantitative estimate of drug-likeness (QED) is 0.238. The molecule has 0 fully saturated rings. The first kappa shape index (κ1) is 28.4. The maximum absolute atomic E-state index is 15.0. The minimum atomic E-state index is -0.678. The Morgan fingerprint density at radius 1 is 1.05 bits per heavy atom. The predicted molar refractivity (Wildman–Crippen MR) is 162 cm³/mol. The van der Waals surface area contributed by atoms with Crippen molar-refractivity contribution in [1.29, 1.82) is 0 Å². The number of aromatic nitrogens is 6. The fourth-order valence-corrected chi connectivity index (χ4v) is 4.50. The molecule has 0 radical (unpaired) electrons. The number of urea groups is 1. The lowest BCUT2D eigenvalue weighted by Gasteiger charge is -2.16. The lowest BCUT2D eigenvalue weighted by Crippen LogP contribution is -2.25. The van der Waals surface area contributed by atoms with Crippen LogP contribution in [0.1, 0.15) is 46.4 Å². The molecule has 1 aromatic carbocycles. The van der Waals surface area contributed by atoms with Crippen LogP contribution < -0.4 is 21.5 Å². The van der Waals surface area contributed by atoms with Crippen LogP contribution in [0.2, 0.25) is 0 Å². The molecule has 216 valence electrons. The molecule has 12 heteroatoms. The number of anilines is 3. The summed E-state index contributed by atoms with van der Waals surface area (Å²) >= 11 is 0. The number of nitrogens with one attached hydrogen (secondary N) is 3. The van der Waals surface area contributed by atoms with E-state index in [-0.39, 0.29) is 22.7 Å². The van der Waals surface area contributed by atoms with E-state index in [1.165, 1.54) is 18.2 Å². The fourth-order valence-electron chi connectivity index (χ4n) is 4.50. The second-order valence-corrected chi connectivity index (χ2v) is 11.1. The highest BCUT2D eigenvalue weighted by Gasteiger charge is 2.22. The summed E-state index contributed by atoms with van der Waals surface area (Å²) in [5.74, 6) is 0.122. The Balaban J connectivity index is 1.49. The molecule has 4 aromatic heterocycles. The first-order valence-electron chi connectivity index (χ1n) is 13.4. The highest BCUT2D eigenvalue weighted by Crippen LogP contribution is 2.28. The summed E-state index contributed by atoms with van der Waals surface area (Å²) in [7, 11) is 1.70. The van der Waals surface area contributed by atoms with Crippen LogP contribution in [0.25, 0.3) is 27.8 Å². The van der Waals surface area contributed by atoms with Gasteiger partial charge in [0.05, 0.1) is 23.3 Å². The highest BCUT2D eigenvalue weighted by atomic mass is 19.1. The van der Waals surface area contributed by atoms with Gasteiger partial charge in [0.1, 0.15) is 17.3 Å². The van der Waals surface area contributed by atoms with Crippen LogP contribution >= 0.6 is 0 Å². The van der Waals surface area contributed by atoms with Gasteiger partial charge in [0, 0.05) is 47.9 Å². The van der Waals surface area contributed by atoms with Gasteiger partial charge < -0.3 is 10.6 Å². The number of benzene rings is 1. The molecule has 0 bridgehead atoms. The van der Waals surface area contributed by atoms with Crippen molar-refractivity contribution in [2.75, 3.05) is 23.0 Å². The van der Waals surface area contributed by atoms with Crippen LogP contribution in [0.3, 0.4) is 0 Å². The molecule has 3 N–H and O–H groups in total. The van der Waals surface area contributed by atoms with Crippen LogP contribution in [-0.4, -0.2) is 42.4 Å².